The van der Waals surface area contributed by atoms with E-state index in [1.165, 1.54) is 24.3 Å². The molecule has 8 heteroatoms. The standard InChI is InChI=1S/C16H17F4N3O/c17-12-4-2-11(3-5-12)13-6-9-23(8-1-7-21)10-14(13)22-15(24)16(18,19)20/h2-5,13-14H,1,6,8-10H2,(H,22,24)/t13-,14-/m0/s1. The summed E-state index contributed by atoms with van der Waals surface area (Å²) in [6.07, 6.45) is -4.18. The fourth-order valence-corrected chi connectivity index (χ4v) is 2.94. The molecule has 0 spiro atoms. The maximum absolute atomic E-state index is 13.1. The first-order valence-corrected chi connectivity index (χ1v) is 7.53. The fraction of sp³-hybridized carbons (Fsp3) is 0.500. The van der Waals surface area contributed by atoms with Crippen LogP contribution in [0.3, 0.4) is 0 Å². The second-order valence-corrected chi connectivity index (χ2v) is 5.73. The van der Waals surface area contributed by atoms with Crippen LogP contribution in [-0.4, -0.2) is 42.7 Å². The van der Waals surface area contributed by atoms with Crippen molar-refractivity contribution in [2.45, 2.75) is 31.0 Å². The number of piperidine rings is 1. The minimum absolute atomic E-state index is 0.214. The third kappa shape index (κ3) is 4.68. The van der Waals surface area contributed by atoms with Gasteiger partial charge in [-0.05, 0) is 30.7 Å². The van der Waals surface area contributed by atoms with Gasteiger partial charge in [0.05, 0.1) is 6.07 Å². The van der Waals surface area contributed by atoms with Crippen LogP contribution >= 0.6 is 0 Å². The van der Waals surface area contributed by atoms with Gasteiger partial charge in [-0.3, -0.25) is 4.79 Å². The average Bonchev–Trinajstić information content (AvgIpc) is 2.53. The molecule has 0 radical (unpaired) electrons. The number of rotatable bonds is 4. The number of halogens is 4. The topological polar surface area (TPSA) is 56.1 Å². The van der Waals surface area contributed by atoms with E-state index >= 15 is 0 Å². The van der Waals surface area contributed by atoms with E-state index < -0.39 is 23.9 Å². The summed E-state index contributed by atoms with van der Waals surface area (Å²) in [4.78, 5) is 13.2. The lowest BCUT2D eigenvalue weighted by atomic mass is 9.85. The fourth-order valence-electron chi connectivity index (χ4n) is 2.94. The highest BCUT2D eigenvalue weighted by molar-refractivity contribution is 5.82. The highest BCUT2D eigenvalue weighted by Gasteiger charge is 2.42. The van der Waals surface area contributed by atoms with Crippen molar-refractivity contribution in [3.8, 4) is 6.07 Å². The molecule has 2 rings (SSSR count). The third-order valence-electron chi connectivity index (χ3n) is 4.11. The molecular formula is C16H17F4N3O. The van der Waals surface area contributed by atoms with Crippen LogP contribution in [0.5, 0.6) is 0 Å². The van der Waals surface area contributed by atoms with Crippen molar-refractivity contribution >= 4 is 5.91 Å². The Labute approximate surface area is 137 Å². The summed E-state index contributed by atoms with van der Waals surface area (Å²) in [6.45, 7) is 1.25. The Hall–Kier alpha value is -2.14. The van der Waals surface area contributed by atoms with Crippen LogP contribution in [0.1, 0.15) is 24.3 Å². The van der Waals surface area contributed by atoms with Gasteiger partial charge >= 0.3 is 12.1 Å². The van der Waals surface area contributed by atoms with E-state index in [2.05, 4.69) is 0 Å². The lowest BCUT2D eigenvalue weighted by Gasteiger charge is -2.39. The van der Waals surface area contributed by atoms with Gasteiger partial charge in [-0.15, -0.1) is 0 Å². The Bertz CT molecular complexity index is 609. The molecule has 1 aromatic carbocycles. The quantitative estimate of drug-likeness (QED) is 0.855. The molecule has 2 atom stereocenters. The van der Waals surface area contributed by atoms with Crippen LogP contribution in [0.25, 0.3) is 0 Å². The van der Waals surface area contributed by atoms with Crippen molar-refractivity contribution in [3.05, 3.63) is 35.6 Å². The molecule has 0 aliphatic carbocycles. The van der Waals surface area contributed by atoms with Crippen molar-refractivity contribution < 1.29 is 22.4 Å². The maximum Gasteiger partial charge on any atom is 0.471 e. The van der Waals surface area contributed by atoms with E-state index in [4.69, 9.17) is 5.26 Å². The second kappa shape index (κ2) is 7.62. The summed E-state index contributed by atoms with van der Waals surface area (Å²) in [6, 6.07) is 6.79. The summed E-state index contributed by atoms with van der Waals surface area (Å²) in [5, 5.41) is 10.7. The smallest absolute Gasteiger partial charge is 0.344 e. The van der Waals surface area contributed by atoms with Gasteiger partial charge in [0.15, 0.2) is 0 Å². The molecule has 1 aliphatic heterocycles. The zero-order valence-electron chi connectivity index (χ0n) is 12.8. The van der Waals surface area contributed by atoms with Gasteiger partial charge in [-0.1, -0.05) is 12.1 Å². The molecular weight excluding hydrogens is 326 g/mol. The number of carbonyl (C=O) groups is 1. The van der Waals surface area contributed by atoms with Gasteiger partial charge in [0.2, 0.25) is 0 Å². The number of carbonyl (C=O) groups excluding carboxylic acids is 1. The Morgan fingerprint density at radius 3 is 2.58 bits per heavy atom. The number of benzene rings is 1. The van der Waals surface area contributed by atoms with Crippen molar-refractivity contribution in [2.24, 2.45) is 0 Å². The van der Waals surface area contributed by atoms with E-state index in [1.54, 1.807) is 0 Å². The Morgan fingerprint density at radius 2 is 2.00 bits per heavy atom. The molecule has 1 heterocycles. The average molecular weight is 343 g/mol. The Kier molecular flexibility index (Phi) is 5.78. The molecule has 1 saturated heterocycles. The molecule has 1 aromatic rings. The lowest BCUT2D eigenvalue weighted by Crippen LogP contribution is -2.54. The van der Waals surface area contributed by atoms with Gasteiger partial charge in [0.25, 0.3) is 0 Å². The molecule has 1 N–H and O–H groups in total. The number of alkyl halides is 3. The number of amides is 1. The van der Waals surface area contributed by atoms with Gasteiger partial charge in [-0.25, -0.2) is 4.39 Å². The molecule has 1 fully saturated rings. The highest BCUT2D eigenvalue weighted by Crippen LogP contribution is 2.29. The summed E-state index contributed by atoms with van der Waals surface area (Å²) in [7, 11) is 0. The molecule has 4 nitrogen and oxygen atoms in total. The Morgan fingerprint density at radius 1 is 1.33 bits per heavy atom. The van der Waals surface area contributed by atoms with Gasteiger partial charge in [-0.2, -0.15) is 18.4 Å². The molecule has 0 unspecified atom stereocenters. The van der Waals surface area contributed by atoms with Crippen LogP contribution in [-0.2, 0) is 4.79 Å². The van der Waals surface area contributed by atoms with E-state index in [-0.39, 0.29) is 18.9 Å². The largest absolute Gasteiger partial charge is 0.471 e. The van der Waals surface area contributed by atoms with Gasteiger partial charge < -0.3 is 10.2 Å². The number of hydrogen-bond acceptors (Lipinski definition) is 3. The first-order valence-electron chi connectivity index (χ1n) is 7.53. The summed E-state index contributed by atoms with van der Waals surface area (Å²) >= 11 is 0. The van der Waals surface area contributed by atoms with Crippen LogP contribution < -0.4 is 5.32 Å². The van der Waals surface area contributed by atoms with E-state index in [9.17, 15) is 22.4 Å². The van der Waals surface area contributed by atoms with Crippen LogP contribution in [0.2, 0.25) is 0 Å². The molecule has 1 aliphatic rings. The maximum atomic E-state index is 13.1. The van der Waals surface area contributed by atoms with Crippen LogP contribution in [0.4, 0.5) is 17.6 Å². The number of hydrogen-bond donors (Lipinski definition) is 1. The van der Waals surface area contributed by atoms with Crippen molar-refractivity contribution in [1.29, 1.82) is 5.26 Å². The van der Waals surface area contributed by atoms with Crippen molar-refractivity contribution in [1.82, 2.24) is 10.2 Å². The minimum atomic E-state index is -4.96. The first kappa shape index (κ1) is 18.2. The highest BCUT2D eigenvalue weighted by atomic mass is 19.4. The molecule has 130 valence electrons. The molecule has 1 amide bonds. The normalized spacial score (nSPS) is 22.0. The van der Waals surface area contributed by atoms with Crippen LogP contribution in [0.15, 0.2) is 24.3 Å². The SMILES string of the molecule is N#CCCN1CC[C@@H](c2ccc(F)cc2)[C@@H](NC(=O)C(F)(F)F)C1. The van der Waals surface area contributed by atoms with E-state index in [0.717, 1.165) is 0 Å². The predicted octanol–water partition coefficient (Wildman–Crippen LogP) is 2.58. The zero-order chi connectivity index (χ0) is 17.7. The summed E-state index contributed by atoms with van der Waals surface area (Å²) in [5.41, 5.74) is 0.684. The molecule has 0 bridgehead atoms. The predicted molar refractivity (Wildman–Crippen MR) is 78.4 cm³/mol. The molecule has 0 aromatic heterocycles. The molecule has 24 heavy (non-hydrogen) atoms. The number of nitriles is 1. The number of nitrogens with zero attached hydrogens (tertiary/aromatic N) is 2. The lowest BCUT2D eigenvalue weighted by molar-refractivity contribution is -0.174. The Balaban J connectivity index is 2.16. The zero-order valence-corrected chi connectivity index (χ0v) is 12.8. The minimum Gasteiger partial charge on any atom is -0.344 e. The second-order valence-electron chi connectivity index (χ2n) is 5.73. The number of nitrogens with one attached hydrogen (secondary N) is 1. The van der Waals surface area contributed by atoms with Crippen LogP contribution in [0, 0.1) is 17.1 Å². The van der Waals surface area contributed by atoms with Gasteiger partial charge in [0.1, 0.15) is 5.82 Å². The van der Waals surface area contributed by atoms with E-state index in [0.29, 0.717) is 25.1 Å². The summed E-state index contributed by atoms with van der Waals surface area (Å²) in [5.74, 6) is -2.75. The molecule has 0 saturated carbocycles. The van der Waals surface area contributed by atoms with Gasteiger partial charge in [0, 0.05) is 31.5 Å². The summed E-state index contributed by atoms with van der Waals surface area (Å²) < 4.78 is 50.8. The number of likely N-dealkylation sites (tertiary alicyclic amines) is 1. The van der Waals surface area contributed by atoms with Crippen molar-refractivity contribution in [2.75, 3.05) is 19.6 Å². The van der Waals surface area contributed by atoms with Crippen molar-refractivity contribution in [3.63, 3.8) is 0 Å². The van der Waals surface area contributed by atoms with E-state index in [1.807, 2.05) is 16.3 Å². The monoisotopic (exact) mass is 343 g/mol. The third-order valence-corrected chi connectivity index (χ3v) is 4.11. The first-order chi connectivity index (χ1) is 11.3.